The number of nitrogens with zero attached hydrogens (tertiary/aromatic N) is 2. The van der Waals surface area contributed by atoms with Crippen LogP contribution >= 0.6 is 0 Å². The van der Waals surface area contributed by atoms with Crippen LogP contribution in [0.3, 0.4) is 0 Å². The maximum atomic E-state index is 3.50. The number of likely N-dealkylation sites (tertiary alicyclic amines) is 1. The second-order valence-electron chi connectivity index (χ2n) is 6.49. The molecule has 1 aromatic carbocycles. The molecule has 0 atom stereocenters. The molecule has 2 aromatic rings. The summed E-state index contributed by atoms with van der Waals surface area (Å²) in [4.78, 5) is 2.58. The highest BCUT2D eigenvalue weighted by Crippen LogP contribution is 2.18. The molecule has 2 heterocycles. The zero-order valence-corrected chi connectivity index (χ0v) is 13.3. The van der Waals surface area contributed by atoms with Gasteiger partial charge in [-0.25, -0.2) is 0 Å². The fourth-order valence-electron chi connectivity index (χ4n) is 3.11. The zero-order valence-electron chi connectivity index (χ0n) is 13.3. The number of aromatic nitrogens is 1. The van der Waals surface area contributed by atoms with Gasteiger partial charge in [0, 0.05) is 37.4 Å². The third kappa shape index (κ3) is 3.66. The van der Waals surface area contributed by atoms with Gasteiger partial charge < -0.3 is 14.8 Å². The minimum atomic E-state index is 0.530. The molecule has 0 aliphatic carbocycles. The molecule has 0 saturated carbocycles. The second-order valence-corrected chi connectivity index (χ2v) is 6.49. The molecule has 1 fully saturated rings. The van der Waals surface area contributed by atoms with E-state index in [9.17, 15) is 0 Å². The fraction of sp³-hybridized carbons (Fsp3) is 0.556. The molecule has 1 aliphatic rings. The Balaban J connectivity index is 1.70. The zero-order chi connectivity index (χ0) is 14.7. The lowest BCUT2D eigenvalue weighted by molar-refractivity contribution is 0.324. The summed E-state index contributed by atoms with van der Waals surface area (Å²) < 4.78 is 2.41. The standard InChI is InChI=1S/C18H27N3/c1-15(2)19-14-16-5-6-17-7-10-21(18(17)13-16)12-11-20-8-3-4-9-20/h5-7,10,13,15,19H,3-4,8-9,11-12,14H2,1-2H3. The summed E-state index contributed by atoms with van der Waals surface area (Å²) in [5, 5.41) is 4.85. The molecule has 0 radical (unpaired) electrons. The average molecular weight is 285 g/mol. The van der Waals surface area contributed by atoms with Crippen molar-refractivity contribution in [3.05, 3.63) is 36.0 Å². The van der Waals surface area contributed by atoms with Crippen molar-refractivity contribution in [2.24, 2.45) is 0 Å². The molecule has 0 amide bonds. The summed E-state index contributed by atoms with van der Waals surface area (Å²) in [5.41, 5.74) is 2.74. The van der Waals surface area contributed by atoms with Crippen LogP contribution in [0.4, 0.5) is 0 Å². The molecule has 1 aliphatic heterocycles. The average Bonchev–Trinajstić information content (AvgIpc) is 3.12. The number of nitrogens with one attached hydrogen (secondary N) is 1. The van der Waals surface area contributed by atoms with Gasteiger partial charge in [-0.15, -0.1) is 0 Å². The van der Waals surface area contributed by atoms with Gasteiger partial charge in [-0.05, 0) is 49.0 Å². The van der Waals surface area contributed by atoms with E-state index in [-0.39, 0.29) is 0 Å². The summed E-state index contributed by atoms with van der Waals surface area (Å²) in [7, 11) is 0. The molecule has 0 unspecified atom stereocenters. The van der Waals surface area contributed by atoms with Gasteiger partial charge in [0.05, 0.1) is 0 Å². The lowest BCUT2D eigenvalue weighted by Gasteiger charge is -2.15. The summed E-state index contributed by atoms with van der Waals surface area (Å²) >= 11 is 0. The van der Waals surface area contributed by atoms with Gasteiger partial charge in [-0.2, -0.15) is 0 Å². The molecule has 1 N–H and O–H groups in total. The Morgan fingerprint density at radius 2 is 1.90 bits per heavy atom. The molecular formula is C18H27N3. The van der Waals surface area contributed by atoms with Crippen molar-refractivity contribution < 1.29 is 0 Å². The summed E-state index contributed by atoms with van der Waals surface area (Å²) in [6.07, 6.45) is 4.98. The number of fused-ring (bicyclic) bond motifs is 1. The van der Waals surface area contributed by atoms with Gasteiger partial charge in [0.25, 0.3) is 0 Å². The van der Waals surface area contributed by atoms with Crippen molar-refractivity contribution in [3.8, 4) is 0 Å². The lowest BCUT2D eigenvalue weighted by Crippen LogP contribution is -2.24. The first kappa shape index (κ1) is 14.6. The molecule has 1 aromatic heterocycles. The highest BCUT2D eigenvalue weighted by Gasteiger charge is 2.11. The van der Waals surface area contributed by atoms with E-state index in [2.05, 4.69) is 59.1 Å². The SMILES string of the molecule is CC(C)NCc1ccc2ccn(CCN3CCCC3)c2c1. The van der Waals surface area contributed by atoms with Gasteiger partial charge in [-0.3, -0.25) is 0 Å². The van der Waals surface area contributed by atoms with Gasteiger partial charge in [0.2, 0.25) is 0 Å². The monoisotopic (exact) mass is 285 g/mol. The third-order valence-electron chi connectivity index (χ3n) is 4.41. The van der Waals surface area contributed by atoms with Crippen molar-refractivity contribution in [1.29, 1.82) is 0 Å². The van der Waals surface area contributed by atoms with Crippen molar-refractivity contribution in [3.63, 3.8) is 0 Å². The van der Waals surface area contributed by atoms with Crippen LogP contribution in [-0.4, -0.2) is 35.1 Å². The predicted molar refractivity (Wildman–Crippen MR) is 89.6 cm³/mol. The van der Waals surface area contributed by atoms with E-state index in [1.54, 1.807) is 0 Å². The van der Waals surface area contributed by atoms with Gasteiger partial charge in [0.1, 0.15) is 0 Å². The largest absolute Gasteiger partial charge is 0.346 e. The molecule has 1 saturated heterocycles. The lowest BCUT2D eigenvalue weighted by atomic mass is 10.1. The van der Waals surface area contributed by atoms with Crippen LogP contribution in [0.2, 0.25) is 0 Å². The highest BCUT2D eigenvalue weighted by atomic mass is 15.2. The number of hydrogen-bond donors (Lipinski definition) is 1. The van der Waals surface area contributed by atoms with E-state index in [0.717, 1.165) is 13.1 Å². The normalized spacial score (nSPS) is 16.3. The van der Waals surface area contributed by atoms with Crippen LogP contribution in [0.5, 0.6) is 0 Å². The van der Waals surface area contributed by atoms with Crippen molar-refractivity contribution in [1.82, 2.24) is 14.8 Å². The smallest absolute Gasteiger partial charge is 0.0483 e. The first-order valence-corrected chi connectivity index (χ1v) is 8.26. The van der Waals surface area contributed by atoms with E-state index in [1.807, 2.05) is 0 Å². The van der Waals surface area contributed by atoms with E-state index in [0.29, 0.717) is 6.04 Å². The first-order chi connectivity index (χ1) is 10.2. The molecule has 3 rings (SSSR count). The van der Waals surface area contributed by atoms with Gasteiger partial charge >= 0.3 is 0 Å². The van der Waals surface area contributed by atoms with Crippen LogP contribution in [0.25, 0.3) is 10.9 Å². The van der Waals surface area contributed by atoms with E-state index in [4.69, 9.17) is 0 Å². The van der Waals surface area contributed by atoms with Crippen molar-refractivity contribution in [2.45, 2.75) is 45.8 Å². The minimum Gasteiger partial charge on any atom is -0.346 e. The van der Waals surface area contributed by atoms with Crippen molar-refractivity contribution >= 4 is 10.9 Å². The Hall–Kier alpha value is -1.32. The number of hydrogen-bond acceptors (Lipinski definition) is 2. The first-order valence-electron chi connectivity index (χ1n) is 8.26. The third-order valence-corrected chi connectivity index (χ3v) is 4.41. The molecule has 114 valence electrons. The van der Waals surface area contributed by atoms with Crippen molar-refractivity contribution in [2.75, 3.05) is 19.6 Å². The van der Waals surface area contributed by atoms with Crippen LogP contribution in [0.15, 0.2) is 30.5 Å². The maximum absolute atomic E-state index is 3.50. The Morgan fingerprint density at radius 3 is 2.67 bits per heavy atom. The van der Waals surface area contributed by atoms with Gasteiger partial charge in [0.15, 0.2) is 0 Å². The number of benzene rings is 1. The molecule has 3 heteroatoms. The van der Waals surface area contributed by atoms with Crippen LogP contribution in [0, 0.1) is 0 Å². The highest BCUT2D eigenvalue weighted by molar-refractivity contribution is 5.80. The quantitative estimate of drug-likeness (QED) is 0.879. The van der Waals surface area contributed by atoms with E-state index >= 15 is 0 Å². The Kier molecular flexibility index (Phi) is 4.61. The summed E-state index contributed by atoms with van der Waals surface area (Å²) in [6.45, 7) is 10.2. The van der Waals surface area contributed by atoms with E-state index in [1.165, 1.54) is 48.9 Å². The maximum Gasteiger partial charge on any atom is 0.0483 e. The number of rotatable bonds is 6. The van der Waals surface area contributed by atoms with Crippen LogP contribution in [0.1, 0.15) is 32.3 Å². The Bertz CT molecular complexity index is 579. The molecule has 0 bridgehead atoms. The summed E-state index contributed by atoms with van der Waals surface area (Å²) in [6, 6.07) is 9.59. The summed E-state index contributed by atoms with van der Waals surface area (Å²) in [5.74, 6) is 0. The Labute approximate surface area is 127 Å². The van der Waals surface area contributed by atoms with Crippen LogP contribution < -0.4 is 5.32 Å². The predicted octanol–water partition coefficient (Wildman–Crippen LogP) is 3.24. The molecule has 21 heavy (non-hydrogen) atoms. The fourth-order valence-corrected chi connectivity index (χ4v) is 3.11. The second kappa shape index (κ2) is 6.63. The Morgan fingerprint density at radius 1 is 1.10 bits per heavy atom. The minimum absolute atomic E-state index is 0.530. The molecular weight excluding hydrogens is 258 g/mol. The van der Waals surface area contributed by atoms with Gasteiger partial charge in [-0.1, -0.05) is 26.0 Å². The molecule has 3 nitrogen and oxygen atoms in total. The molecule has 0 spiro atoms. The van der Waals surface area contributed by atoms with Crippen LogP contribution in [-0.2, 0) is 13.1 Å². The van der Waals surface area contributed by atoms with E-state index < -0.39 is 0 Å². The topological polar surface area (TPSA) is 20.2 Å².